The predicted molar refractivity (Wildman–Crippen MR) is 94.5 cm³/mol. The summed E-state index contributed by atoms with van der Waals surface area (Å²) in [5.41, 5.74) is -1.07. The van der Waals surface area contributed by atoms with Crippen LogP contribution >= 0.6 is 34.8 Å². The maximum absolute atomic E-state index is 13.8. The van der Waals surface area contributed by atoms with Crippen LogP contribution in [0.5, 0.6) is 0 Å². The van der Waals surface area contributed by atoms with Gasteiger partial charge in [-0.3, -0.25) is 10.1 Å². The molecule has 2 aromatic rings. The van der Waals surface area contributed by atoms with Crippen LogP contribution in [0.3, 0.4) is 0 Å². The minimum absolute atomic E-state index is 0.0806. The fourth-order valence-corrected chi connectivity index (χ4v) is 3.47. The Hall–Kier alpha value is -2.03. The van der Waals surface area contributed by atoms with Crippen LogP contribution < -0.4 is 0 Å². The summed E-state index contributed by atoms with van der Waals surface area (Å²) in [7, 11) is 0. The summed E-state index contributed by atoms with van der Waals surface area (Å²) in [4.78, 5) is 15.3. The lowest BCUT2D eigenvalue weighted by Crippen LogP contribution is -2.33. The van der Waals surface area contributed by atoms with Gasteiger partial charge in [-0.05, 0) is 29.8 Å². The second-order valence-corrected chi connectivity index (χ2v) is 6.93. The zero-order valence-electron chi connectivity index (χ0n) is 13.0. The van der Waals surface area contributed by atoms with Gasteiger partial charge in [0.15, 0.2) is 6.10 Å². The SMILES string of the molecule is O=[N+]([O-])c1cc(C2=NOC(c3cc(Cl)cc(Cl)c3)C2C(F)(F)F)ccc1Cl. The minimum atomic E-state index is -4.75. The molecule has 0 fully saturated rings. The first-order valence-corrected chi connectivity index (χ1v) is 8.42. The van der Waals surface area contributed by atoms with E-state index >= 15 is 0 Å². The molecule has 0 saturated carbocycles. The van der Waals surface area contributed by atoms with Crippen molar-refractivity contribution in [2.75, 3.05) is 0 Å². The van der Waals surface area contributed by atoms with Crippen molar-refractivity contribution in [3.8, 4) is 0 Å². The van der Waals surface area contributed by atoms with Crippen LogP contribution in [0.25, 0.3) is 0 Å². The third-order valence-electron chi connectivity index (χ3n) is 3.87. The molecule has 1 aliphatic rings. The average molecular weight is 440 g/mol. The van der Waals surface area contributed by atoms with Gasteiger partial charge in [-0.1, -0.05) is 46.0 Å². The van der Waals surface area contributed by atoms with Gasteiger partial charge in [0.25, 0.3) is 5.69 Å². The number of hydrogen-bond donors (Lipinski definition) is 0. The molecule has 27 heavy (non-hydrogen) atoms. The largest absolute Gasteiger partial charge is 0.401 e. The van der Waals surface area contributed by atoms with Gasteiger partial charge in [-0.2, -0.15) is 13.2 Å². The molecule has 3 rings (SSSR count). The van der Waals surface area contributed by atoms with Crippen molar-refractivity contribution in [1.82, 2.24) is 0 Å². The third kappa shape index (κ3) is 3.97. The monoisotopic (exact) mass is 438 g/mol. The number of oxime groups is 1. The lowest BCUT2D eigenvalue weighted by atomic mass is 9.88. The summed E-state index contributed by atoms with van der Waals surface area (Å²) in [5.74, 6) is -2.17. The number of alkyl halides is 3. The van der Waals surface area contributed by atoms with Crippen LogP contribution in [-0.2, 0) is 4.84 Å². The summed E-state index contributed by atoms with van der Waals surface area (Å²) in [6.45, 7) is 0. The molecule has 2 aromatic carbocycles. The highest BCUT2D eigenvalue weighted by molar-refractivity contribution is 6.34. The molecule has 2 atom stereocenters. The number of halogens is 6. The summed E-state index contributed by atoms with van der Waals surface area (Å²) >= 11 is 17.5. The quantitative estimate of drug-likeness (QED) is 0.422. The zero-order chi connectivity index (χ0) is 19.9. The number of nitro benzene ring substituents is 1. The van der Waals surface area contributed by atoms with Crippen molar-refractivity contribution in [3.05, 3.63) is 72.7 Å². The smallest absolute Gasteiger partial charge is 0.386 e. The molecule has 2 unspecified atom stereocenters. The Morgan fingerprint density at radius 3 is 2.26 bits per heavy atom. The molecule has 0 bridgehead atoms. The molecule has 0 N–H and O–H groups in total. The van der Waals surface area contributed by atoms with E-state index in [1.165, 1.54) is 24.3 Å². The van der Waals surface area contributed by atoms with E-state index in [4.69, 9.17) is 39.6 Å². The van der Waals surface area contributed by atoms with Crippen molar-refractivity contribution in [3.63, 3.8) is 0 Å². The van der Waals surface area contributed by atoms with Crippen molar-refractivity contribution >= 4 is 46.2 Å². The Labute approximate surface area is 165 Å². The maximum atomic E-state index is 13.8. The van der Waals surface area contributed by atoms with E-state index in [0.29, 0.717) is 0 Å². The van der Waals surface area contributed by atoms with Gasteiger partial charge < -0.3 is 4.84 Å². The summed E-state index contributed by atoms with van der Waals surface area (Å²) < 4.78 is 41.4. The molecule has 11 heteroatoms. The fraction of sp³-hybridized carbons (Fsp3) is 0.188. The van der Waals surface area contributed by atoms with Crippen LogP contribution in [-0.4, -0.2) is 16.8 Å². The molecule has 1 aliphatic heterocycles. The van der Waals surface area contributed by atoms with Crippen LogP contribution in [0.4, 0.5) is 18.9 Å². The highest BCUT2D eigenvalue weighted by Crippen LogP contribution is 2.46. The van der Waals surface area contributed by atoms with Crippen molar-refractivity contribution in [2.45, 2.75) is 12.3 Å². The van der Waals surface area contributed by atoms with Crippen molar-refractivity contribution in [1.29, 1.82) is 0 Å². The number of hydrogen-bond acceptors (Lipinski definition) is 4. The molecule has 0 spiro atoms. The Balaban J connectivity index is 2.07. The van der Waals surface area contributed by atoms with E-state index in [1.807, 2.05) is 0 Å². The lowest BCUT2D eigenvalue weighted by molar-refractivity contribution is -0.384. The average Bonchev–Trinajstić information content (AvgIpc) is 2.99. The maximum Gasteiger partial charge on any atom is 0.401 e. The van der Waals surface area contributed by atoms with Crippen LogP contribution in [0.15, 0.2) is 41.6 Å². The van der Waals surface area contributed by atoms with Gasteiger partial charge in [0.1, 0.15) is 16.7 Å². The van der Waals surface area contributed by atoms with Gasteiger partial charge in [-0.25, -0.2) is 0 Å². The second-order valence-electron chi connectivity index (χ2n) is 5.65. The zero-order valence-corrected chi connectivity index (χ0v) is 15.3. The number of rotatable bonds is 3. The Bertz CT molecular complexity index is 930. The van der Waals surface area contributed by atoms with Gasteiger partial charge >= 0.3 is 6.18 Å². The van der Waals surface area contributed by atoms with Crippen molar-refractivity contribution in [2.24, 2.45) is 11.1 Å². The molecule has 1 heterocycles. The first kappa shape index (κ1) is 19.7. The van der Waals surface area contributed by atoms with E-state index in [0.717, 1.165) is 12.1 Å². The van der Waals surface area contributed by atoms with Gasteiger partial charge in [-0.15, -0.1) is 0 Å². The summed E-state index contributed by atoms with van der Waals surface area (Å²) in [6, 6.07) is 7.22. The van der Waals surface area contributed by atoms with E-state index in [9.17, 15) is 23.3 Å². The Morgan fingerprint density at radius 2 is 1.70 bits per heavy atom. The number of nitrogens with zero attached hydrogens (tertiary/aromatic N) is 2. The molecule has 142 valence electrons. The number of benzene rings is 2. The number of nitro groups is 1. The van der Waals surface area contributed by atoms with Crippen LogP contribution in [0.1, 0.15) is 17.2 Å². The fourth-order valence-electron chi connectivity index (χ4n) is 2.74. The summed E-state index contributed by atoms with van der Waals surface area (Å²) in [6.07, 6.45) is -6.28. The van der Waals surface area contributed by atoms with E-state index in [1.54, 1.807) is 0 Å². The summed E-state index contributed by atoms with van der Waals surface area (Å²) in [5, 5.41) is 14.6. The van der Waals surface area contributed by atoms with Crippen LogP contribution in [0.2, 0.25) is 15.1 Å². The molecular formula is C16H8Cl3F3N2O3. The van der Waals surface area contributed by atoms with E-state index in [2.05, 4.69) is 5.16 Å². The Kier molecular flexibility index (Phi) is 5.24. The normalized spacial score (nSPS) is 19.6. The third-order valence-corrected chi connectivity index (χ3v) is 4.62. The standard InChI is InChI=1S/C16H8Cl3F3N2O3/c17-9-3-8(4-10(18)6-9)15-13(16(20,21)22)14(23-27-15)7-1-2-11(19)12(5-7)24(25)26/h1-6,13,15H. The first-order chi connectivity index (χ1) is 12.6. The molecule has 0 saturated heterocycles. The molecule has 5 nitrogen and oxygen atoms in total. The lowest BCUT2D eigenvalue weighted by Gasteiger charge is -2.22. The van der Waals surface area contributed by atoms with Crippen molar-refractivity contribution < 1.29 is 22.9 Å². The molecule has 0 aliphatic carbocycles. The minimum Gasteiger partial charge on any atom is -0.386 e. The molecule has 0 aromatic heterocycles. The first-order valence-electron chi connectivity index (χ1n) is 7.28. The highest BCUT2D eigenvalue weighted by atomic mass is 35.5. The topological polar surface area (TPSA) is 64.7 Å². The van der Waals surface area contributed by atoms with Gasteiger partial charge in [0.05, 0.1) is 4.92 Å². The predicted octanol–water partition coefficient (Wildman–Crippen LogP) is 6.21. The van der Waals surface area contributed by atoms with Crippen LogP contribution in [0, 0.1) is 16.0 Å². The van der Waals surface area contributed by atoms with Gasteiger partial charge in [0, 0.05) is 21.7 Å². The molecule has 0 amide bonds. The van der Waals surface area contributed by atoms with Gasteiger partial charge in [0.2, 0.25) is 0 Å². The molecule has 0 radical (unpaired) electrons. The van der Waals surface area contributed by atoms with E-state index < -0.39 is 34.5 Å². The highest BCUT2D eigenvalue weighted by Gasteiger charge is 2.53. The molecular weight excluding hydrogens is 432 g/mol. The van der Waals surface area contributed by atoms with E-state index in [-0.39, 0.29) is 26.2 Å². The Morgan fingerprint density at radius 1 is 1.07 bits per heavy atom. The second kappa shape index (κ2) is 7.18.